The summed E-state index contributed by atoms with van der Waals surface area (Å²) in [6.07, 6.45) is 3.82. The number of ether oxygens (including phenoxy) is 1. The number of benzene rings is 1. The van der Waals surface area contributed by atoms with Crippen LogP contribution in [-0.4, -0.2) is 40.9 Å². The molecule has 2 heterocycles. The van der Waals surface area contributed by atoms with Crippen molar-refractivity contribution in [1.82, 2.24) is 4.90 Å². The zero-order valence-electron chi connectivity index (χ0n) is 11.5. The molecule has 0 aromatic heterocycles. The Morgan fingerprint density at radius 2 is 2.20 bits per heavy atom. The summed E-state index contributed by atoms with van der Waals surface area (Å²) in [5.74, 6) is 0.789. The van der Waals surface area contributed by atoms with E-state index in [2.05, 4.69) is 11.0 Å². The second kappa shape index (κ2) is 4.24. The summed E-state index contributed by atoms with van der Waals surface area (Å²) in [4.78, 5) is 2.40. The maximum atomic E-state index is 10.5. The lowest BCUT2D eigenvalue weighted by molar-refractivity contribution is 0.0620. The molecule has 0 unspecified atom stereocenters. The molecule has 1 aliphatic carbocycles. The van der Waals surface area contributed by atoms with Crippen LogP contribution in [0.1, 0.15) is 29.9 Å². The molecule has 4 nitrogen and oxygen atoms in total. The van der Waals surface area contributed by atoms with Crippen molar-refractivity contribution in [2.24, 2.45) is 0 Å². The number of aromatic hydroxyl groups is 1. The third-order valence-corrected chi connectivity index (χ3v) is 5.02. The molecule has 1 fully saturated rings. The van der Waals surface area contributed by atoms with Crippen LogP contribution in [-0.2, 0) is 6.54 Å². The van der Waals surface area contributed by atoms with Gasteiger partial charge < -0.3 is 14.9 Å². The summed E-state index contributed by atoms with van der Waals surface area (Å²) in [6.45, 7) is 1.79. The van der Waals surface area contributed by atoms with Crippen molar-refractivity contribution >= 4 is 0 Å². The number of phenols is 1. The summed E-state index contributed by atoms with van der Waals surface area (Å²) in [5, 5.41) is 20.5. The molecule has 106 valence electrons. The van der Waals surface area contributed by atoms with Crippen LogP contribution in [0, 0.1) is 0 Å². The van der Waals surface area contributed by atoms with Gasteiger partial charge in [-0.3, -0.25) is 4.90 Å². The Hall–Kier alpha value is -1.52. The van der Waals surface area contributed by atoms with Crippen molar-refractivity contribution in [2.75, 3.05) is 13.7 Å². The number of nitrogens with zero attached hydrogens (tertiary/aromatic N) is 1. The van der Waals surface area contributed by atoms with Gasteiger partial charge in [0.15, 0.2) is 11.5 Å². The summed E-state index contributed by atoms with van der Waals surface area (Å²) in [5.41, 5.74) is 3.72. The van der Waals surface area contributed by atoms with Gasteiger partial charge in [0.2, 0.25) is 0 Å². The van der Waals surface area contributed by atoms with Gasteiger partial charge in [-0.25, -0.2) is 0 Å². The Labute approximate surface area is 118 Å². The second-order valence-electron chi connectivity index (χ2n) is 6.01. The lowest BCUT2D eigenvalue weighted by Crippen LogP contribution is -2.47. The second-order valence-corrected chi connectivity index (χ2v) is 6.01. The number of fused-ring (bicyclic) bond motifs is 2. The van der Waals surface area contributed by atoms with Gasteiger partial charge in [0, 0.05) is 25.0 Å². The number of aliphatic hydroxyl groups is 1. The first-order chi connectivity index (χ1) is 9.69. The molecule has 0 radical (unpaired) electrons. The first kappa shape index (κ1) is 12.2. The van der Waals surface area contributed by atoms with E-state index in [0.29, 0.717) is 11.8 Å². The first-order valence-corrected chi connectivity index (χ1v) is 7.20. The van der Waals surface area contributed by atoms with E-state index in [9.17, 15) is 10.2 Å². The third kappa shape index (κ3) is 1.55. The van der Waals surface area contributed by atoms with E-state index in [0.717, 1.165) is 37.1 Å². The molecule has 0 bridgehead atoms. The minimum atomic E-state index is -0.314. The van der Waals surface area contributed by atoms with Crippen molar-refractivity contribution in [3.63, 3.8) is 0 Å². The number of methoxy groups -OCH3 is 1. The summed E-state index contributed by atoms with van der Waals surface area (Å²) in [6, 6.07) is 4.04. The van der Waals surface area contributed by atoms with E-state index < -0.39 is 0 Å². The number of hydrogen-bond acceptors (Lipinski definition) is 4. The highest BCUT2D eigenvalue weighted by atomic mass is 16.5. The van der Waals surface area contributed by atoms with Crippen LogP contribution in [0.3, 0.4) is 0 Å². The third-order valence-electron chi connectivity index (χ3n) is 5.02. The van der Waals surface area contributed by atoms with Gasteiger partial charge in [0.25, 0.3) is 0 Å². The predicted molar refractivity (Wildman–Crippen MR) is 74.9 cm³/mol. The van der Waals surface area contributed by atoms with E-state index in [-0.39, 0.29) is 17.8 Å². The van der Waals surface area contributed by atoms with Gasteiger partial charge >= 0.3 is 0 Å². The molecular weight excluding hydrogens is 254 g/mol. The van der Waals surface area contributed by atoms with Gasteiger partial charge in [0.05, 0.1) is 13.2 Å². The van der Waals surface area contributed by atoms with Gasteiger partial charge in [-0.2, -0.15) is 0 Å². The molecule has 1 saturated carbocycles. The van der Waals surface area contributed by atoms with Crippen molar-refractivity contribution < 1.29 is 14.9 Å². The maximum Gasteiger partial charge on any atom is 0.160 e. The fraction of sp³-hybridized carbons (Fsp3) is 0.500. The molecular formula is C16H19NO3. The average molecular weight is 273 g/mol. The van der Waals surface area contributed by atoms with Crippen molar-refractivity contribution in [2.45, 2.75) is 37.5 Å². The van der Waals surface area contributed by atoms with Crippen molar-refractivity contribution in [3.05, 3.63) is 34.9 Å². The molecule has 2 aliphatic heterocycles. The lowest BCUT2D eigenvalue weighted by Gasteiger charge is -2.45. The quantitative estimate of drug-likeness (QED) is 0.766. The molecule has 4 rings (SSSR count). The Morgan fingerprint density at radius 3 is 3.00 bits per heavy atom. The zero-order chi connectivity index (χ0) is 13.9. The predicted octanol–water partition coefficient (Wildman–Crippen LogP) is 1.76. The number of aliphatic hydroxyl groups excluding tert-OH is 1. The van der Waals surface area contributed by atoms with Gasteiger partial charge in [-0.15, -0.1) is 0 Å². The summed E-state index contributed by atoms with van der Waals surface area (Å²) < 4.78 is 5.24. The summed E-state index contributed by atoms with van der Waals surface area (Å²) in [7, 11) is 1.56. The molecule has 2 N–H and O–H groups in total. The number of hydrogen-bond donors (Lipinski definition) is 2. The smallest absolute Gasteiger partial charge is 0.160 e. The van der Waals surface area contributed by atoms with E-state index in [1.165, 1.54) is 5.57 Å². The van der Waals surface area contributed by atoms with Gasteiger partial charge in [-0.05, 0) is 36.1 Å². The Kier molecular flexibility index (Phi) is 2.59. The largest absolute Gasteiger partial charge is 0.504 e. The molecule has 3 aliphatic rings. The SMILES string of the molecule is COc1cc2c(cc1O)CN1CC=C3CC[C@@H](O)[C@@H]2[C@H]31. The summed E-state index contributed by atoms with van der Waals surface area (Å²) >= 11 is 0. The van der Waals surface area contributed by atoms with Crippen LogP contribution < -0.4 is 4.74 Å². The van der Waals surface area contributed by atoms with Gasteiger partial charge in [-0.1, -0.05) is 11.6 Å². The maximum absolute atomic E-state index is 10.5. The minimum absolute atomic E-state index is 0.107. The monoisotopic (exact) mass is 273 g/mol. The molecule has 0 spiro atoms. The van der Waals surface area contributed by atoms with Crippen LogP contribution in [0.25, 0.3) is 0 Å². The van der Waals surface area contributed by atoms with E-state index >= 15 is 0 Å². The fourth-order valence-corrected chi connectivity index (χ4v) is 4.11. The Morgan fingerprint density at radius 1 is 1.35 bits per heavy atom. The highest BCUT2D eigenvalue weighted by molar-refractivity contribution is 5.51. The van der Waals surface area contributed by atoms with E-state index in [1.54, 1.807) is 13.2 Å². The molecule has 0 saturated heterocycles. The van der Waals surface area contributed by atoms with Crippen molar-refractivity contribution in [1.29, 1.82) is 0 Å². The van der Waals surface area contributed by atoms with E-state index in [4.69, 9.17) is 4.74 Å². The average Bonchev–Trinajstić information content (AvgIpc) is 2.84. The molecule has 20 heavy (non-hydrogen) atoms. The fourth-order valence-electron chi connectivity index (χ4n) is 4.11. The van der Waals surface area contributed by atoms with Crippen LogP contribution in [0.2, 0.25) is 0 Å². The molecule has 1 aromatic rings. The van der Waals surface area contributed by atoms with Crippen LogP contribution in [0.4, 0.5) is 0 Å². The topological polar surface area (TPSA) is 52.9 Å². The highest BCUT2D eigenvalue weighted by Crippen LogP contribution is 2.48. The van der Waals surface area contributed by atoms with Crippen molar-refractivity contribution in [3.8, 4) is 11.5 Å². The molecule has 4 heteroatoms. The molecule has 0 amide bonds. The molecule has 3 atom stereocenters. The standard InChI is InChI=1S/C16H19NO3/c1-20-14-7-11-10(6-13(14)19)8-17-5-4-9-2-3-12(18)15(11)16(9)17/h4,6-7,12,15-16,18-19H,2-3,5,8H2,1H3/t12-,15-,16+/m1/s1. The van der Waals surface area contributed by atoms with Crippen LogP contribution in [0.5, 0.6) is 11.5 Å². The lowest BCUT2D eigenvalue weighted by atomic mass is 9.72. The number of phenolic OH excluding ortho intramolecular Hbond substituents is 1. The van der Waals surface area contributed by atoms with Gasteiger partial charge in [0.1, 0.15) is 0 Å². The Bertz CT molecular complexity index is 596. The highest BCUT2D eigenvalue weighted by Gasteiger charge is 2.45. The first-order valence-electron chi connectivity index (χ1n) is 7.20. The molecule has 1 aromatic carbocycles. The van der Waals surface area contributed by atoms with Crippen LogP contribution in [0.15, 0.2) is 23.8 Å². The minimum Gasteiger partial charge on any atom is -0.504 e. The Balaban J connectivity index is 1.86. The number of rotatable bonds is 1. The zero-order valence-corrected chi connectivity index (χ0v) is 11.5. The van der Waals surface area contributed by atoms with E-state index in [1.807, 2.05) is 6.07 Å². The van der Waals surface area contributed by atoms with Crippen LogP contribution >= 0.6 is 0 Å². The normalized spacial score (nSPS) is 31.5.